The van der Waals surface area contributed by atoms with Crippen LogP contribution in [0.1, 0.15) is 91.8 Å². The summed E-state index contributed by atoms with van der Waals surface area (Å²) in [7, 11) is 0. The smallest absolute Gasteiger partial charge is 0.268 e. The largest absolute Gasteiger partial charge is 0.368 e. The van der Waals surface area contributed by atoms with Crippen LogP contribution in [0.3, 0.4) is 0 Å². The van der Waals surface area contributed by atoms with Crippen molar-refractivity contribution < 1.29 is 57.5 Å². The highest BCUT2D eigenvalue weighted by atomic mass is 16.2. The molecular weight excluding hydrogens is 1040 g/mol. The molecule has 24 nitrogen and oxygen atoms in total. The molecule has 6 atom stereocenters. The first kappa shape index (κ1) is 65.8. The molecule has 3 aromatic carbocycles. The summed E-state index contributed by atoms with van der Waals surface area (Å²) >= 11 is 0. The number of carbonyl (C=O) groups is 12. The second-order valence-corrected chi connectivity index (χ2v) is 19.7. The zero-order valence-corrected chi connectivity index (χ0v) is 46.8. The van der Waals surface area contributed by atoms with E-state index in [0.717, 1.165) is 0 Å². The molecular formula is C57H74N12O12. The van der Waals surface area contributed by atoms with Gasteiger partial charge in [0.05, 0.1) is 13.1 Å². The van der Waals surface area contributed by atoms with Gasteiger partial charge in [0.2, 0.25) is 53.2 Å². The van der Waals surface area contributed by atoms with Crippen LogP contribution in [-0.2, 0) is 57.5 Å². The summed E-state index contributed by atoms with van der Waals surface area (Å²) in [6.45, 7) is 12.9. The van der Waals surface area contributed by atoms with Gasteiger partial charge < -0.3 is 64.2 Å². The van der Waals surface area contributed by atoms with Gasteiger partial charge in [-0.2, -0.15) is 0 Å². The number of primary amides is 1. The Morgan fingerprint density at radius 2 is 0.716 bits per heavy atom. The zero-order chi connectivity index (χ0) is 60.3. The molecule has 0 fully saturated rings. The summed E-state index contributed by atoms with van der Waals surface area (Å²) in [6.07, 6.45) is 4.18. The van der Waals surface area contributed by atoms with Crippen molar-refractivity contribution in [3.63, 3.8) is 0 Å². The van der Waals surface area contributed by atoms with E-state index in [2.05, 4.69) is 58.5 Å². The lowest BCUT2D eigenvalue weighted by Crippen LogP contribution is -2.56. The lowest BCUT2D eigenvalue weighted by Gasteiger charge is -2.25. The fraction of sp³-hybridized carbons (Fsp3) is 0.368. The van der Waals surface area contributed by atoms with Crippen LogP contribution in [0.4, 0.5) is 0 Å². The van der Waals surface area contributed by atoms with Crippen LogP contribution < -0.4 is 64.2 Å². The van der Waals surface area contributed by atoms with Crippen LogP contribution in [0.25, 0.3) is 18.2 Å². The van der Waals surface area contributed by atoms with Gasteiger partial charge in [0.15, 0.2) is 0 Å². The third kappa shape index (κ3) is 24.4. The third-order valence-corrected chi connectivity index (χ3v) is 11.4. The maximum atomic E-state index is 14.3. The van der Waals surface area contributed by atoms with Crippen LogP contribution in [0.15, 0.2) is 108 Å². The van der Waals surface area contributed by atoms with Crippen molar-refractivity contribution in [3.05, 3.63) is 125 Å². The van der Waals surface area contributed by atoms with E-state index in [0.29, 0.717) is 16.7 Å². The van der Waals surface area contributed by atoms with Gasteiger partial charge >= 0.3 is 0 Å². The maximum Gasteiger partial charge on any atom is 0.268 e. The van der Waals surface area contributed by atoms with E-state index < -0.39 is 120 Å². The first-order chi connectivity index (χ1) is 38.2. The number of rotatable bonds is 29. The number of amides is 12. The van der Waals surface area contributed by atoms with Gasteiger partial charge in [0.1, 0.15) is 53.3 Å². The summed E-state index contributed by atoms with van der Waals surface area (Å²) in [4.78, 5) is 158. The lowest BCUT2D eigenvalue weighted by atomic mass is 10.0. The maximum absolute atomic E-state index is 14.3. The van der Waals surface area contributed by atoms with Crippen LogP contribution in [0.2, 0.25) is 0 Å². The fourth-order valence-electron chi connectivity index (χ4n) is 7.21. The summed E-state index contributed by atoms with van der Waals surface area (Å²) in [5.74, 6) is -9.85. The Balaban J connectivity index is 1.83. The average molecular weight is 1120 g/mol. The van der Waals surface area contributed by atoms with E-state index in [4.69, 9.17) is 5.73 Å². The van der Waals surface area contributed by atoms with Crippen LogP contribution >= 0.6 is 0 Å². The van der Waals surface area contributed by atoms with Crippen molar-refractivity contribution in [2.24, 2.45) is 17.6 Å². The Labute approximate surface area is 470 Å². The highest BCUT2D eigenvalue weighted by Gasteiger charge is 2.31. The molecule has 0 aliphatic rings. The molecule has 81 heavy (non-hydrogen) atoms. The molecule has 0 aliphatic carbocycles. The first-order valence-corrected chi connectivity index (χ1v) is 26.1. The summed E-state index contributed by atoms with van der Waals surface area (Å²) < 4.78 is 0. The van der Waals surface area contributed by atoms with E-state index in [-0.39, 0.29) is 41.8 Å². The summed E-state index contributed by atoms with van der Waals surface area (Å²) in [6, 6.07) is 17.7. The number of hydrogen-bond donors (Lipinski definition) is 12. The van der Waals surface area contributed by atoms with Gasteiger partial charge in [-0.05, 0) is 87.3 Å². The molecule has 12 amide bonds. The second kappa shape index (κ2) is 33.1. The quantitative estimate of drug-likeness (QED) is 0.0417. The molecule has 0 saturated carbocycles. The SMILES string of the molecule is CC(=O)NCC(=O)N[C@@H](C)C(=O)N/C(=C/c1ccccc1)C(=O)N[C@@H](CC(C)C)C(=O)N[C@@H](C)C(=O)N/C(=C\c1ccccc1)C(=O)N[C@@H](CC(C)C)C(=O)N[C@@H](C)C(=O)N/C(=C/c1ccccc1)C(=O)N[C@@H](C)C(=O)NCC(N)=O. The molecule has 3 rings (SSSR count). The van der Waals surface area contributed by atoms with Crippen LogP contribution in [0.5, 0.6) is 0 Å². The van der Waals surface area contributed by atoms with E-state index in [1.54, 1.807) is 119 Å². The lowest BCUT2D eigenvalue weighted by molar-refractivity contribution is -0.132. The van der Waals surface area contributed by atoms with Crippen molar-refractivity contribution in [1.29, 1.82) is 0 Å². The van der Waals surface area contributed by atoms with E-state index in [1.807, 2.05) is 0 Å². The Kier molecular flexibility index (Phi) is 26.9. The molecule has 0 aromatic heterocycles. The van der Waals surface area contributed by atoms with Crippen molar-refractivity contribution in [2.45, 2.75) is 111 Å². The predicted octanol–water partition coefficient (Wildman–Crippen LogP) is 0.277. The Morgan fingerprint density at radius 3 is 1.04 bits per heavy atom. The molecule has 0 radical (unpaired) electrons. The Morgan fingerprint density at radius 1 is 0.395 bits per heavy atom. The van der Waals surface area contributed by atoms with Crippen LogP contribution in [0, 0.1) is 11.8 Å². The van der Waals surface area contributed by atoms with Crippen LogP contribution in [-0.4, -0.2) is 120 Å². The van der Waals surface area contributed by atoms with Gasteiger partial charge in [-0.25, -0.2) is 0 Å². The van der Waals surface area contributed by atoms with E-state index in [9.17, 15) is 57.5 Å². The topological polar surface area (TPSA) is 363 Å². The molecule has 3 aromatic rings. The predicted molar refractivity (Wildman–Crippen MR) is 302 cm³/mol. The highest BCUT2D eigenvalue weighted by Crippen LogP contribution is 2.13. The normalized spacial score (nSPS) is 13.7. The molecule has 434 valence electrons. The van der Waals surface area contributed by atoms with Gasteiger partial charge in [0.25, 0.3) is 17.7 Å². The molecule has 0 spiro atoms. The van der Waals surface area contributed by atoms with Crippen molar-refractivity contribution in [2.75, 3.05) is 13.1 Å². The van der Waals surface area contributed by atoms with E-state index in [1.165, 1.54) is 52.8 Å². The molecule has 0 saturated heterocycles. The Hall–Kier alpha value is -9.48. The molecule has 0 aliphatic heterocycles. The minimum Gasteiger partial charge on any atom is -0.368 e. The number of hydrogen-bond acceptors (Lipinski definition) is 12. The number of nitrogens with one attached hydrogen (secondary N) is 11. The van der Waals surface area contributed by atoms with Gasteiger partial charge in [-0.1, -0.05) is 119 Å². The summed E-state index contributed by atoms with van der Waals surface area (Å²) in [5.41, 5.74) is 5.66. The van der Waals surface area contributed by atoms with Crippen molar-refractivity contribution >= 4 is 89.1 Å². The van der Waals surface area contributed by atoms with Gasteiger partial charge in [-0.3, -0.25) is 57.5 Å². The standard InChI is InChI=1S/C57H74N12O12/c1-32(2)25-42(68-56(80)45(28-40-21-15-11-16-22-40)66-50(74)35(6)61-48(72)31-59-38(9)70)54(78)64-37(8)52(76)67-46(29-41-23-17-12-18-24-41)57(81)69-43(26-33(3)4)53(77)63-36(7)51(75)65-44(27-39-19-13-10-14-20-39)55(79)62-34(5)49(73)60-30-47(58)71/h10-24,27-29,32-37,42-43H,25-26,30-31H2,1-9H3,(H2,58,71)(H,59,70)(H,60,73)(H,61,72)(H,62,79)(H,63,77)(H,64,78)(H,65,75)(H,66,74)(H,67,76)(H,68,80)(H,69,81)/b44-27+,45-28+,46-29-/t34-,35-,36-,37-,42-,43-/m0/s1. The highest BCUT2D eigenvalue weighted by molar-refractivity contribution is 6.07. The number of nitrogens with two attached hydrogens (primary N) is 1. The Bertz CT molecular complexity index is 2840. The zero-order valence-electron chi connectivity index (χ0n) is 46.8. The molecule has 24 heteroatoms. The van der Waals surface area contributed by atoms with Crippen molar-refractivity contribution in [3.8, 4) is 0 Å². The molecule has 0 unspecified atom stereocenters. The average Bonchev–Trinajstić information content (AvgIpc) is 3.41. The monoisotopic (exact) mass is 1120 g/mol. The van der Waals surface area contributed by atoms with Crippen molar-refractivity contribution in [1.82, 2.24) is 58.5 Å². The third-order valence-electron chi connectivity index (χ3n) is 11.4. The summed E-state index contributed by atoms with van der Waals surface area (Å²) in [5, 5.41) is 27.5. The molecule has 13 N–H and O–H groups in total. The molecule has 0 heterocycles. The minimum atomic E-state index is -1.35. The second-order valence-electron chi connectivity index (χ2n) is 19.7. The van der Waals surface area contributed by atoms with Gasteiger partial charge in [-0.15, -0.1) is 0 Å². The fourth-order valence-corrected chi connectivity index (χ4v) is 7.21. The minimum absolute atomic E-state index is 0.0482. The van der Waals surface area contributed by atoms with Gasteiger partial charge in [0, 0.05) is 6.92 Å². The number of carbonyl (C=O) groups excluding carboxylic acids is 12. The van der Waals surface area contributed by atoms with E-state index >= 15 is 0 Å². The first-order valence-electron chi connectivity index (χ1n) is 26.1. The molecule has 0 bridgehead atoms. The number of benzene rings is 3.